The number of hydrogen-bond acceptors (Lipinski definition) is 2. The SMILES string of the molecule is CCC(C)CN1C(=O)C2CCCCN2C(=O)C1CC. The van der Waals surface area contributed by atoms with E-state index in [0.29, 0.717) is 5.92 Å². The van der Waals surface area contributed by atoms with Crippen LogP contribution in [0, 0.1) is 5.92 Å². The molecule has 0 aromatic rings. The topological polar surface area (TPSA) is 40.6 Å². The lowest BCUT2D eigenvalue weighted by molar-refractivity contribution is -0.164. The van der Waals surface area contributed by atoms with Crippen molar-refractivity contribution in [1.82, 2.24) is 9.80 Å². The molecule has 0 aromatic carbocycles. The Labute approximate surface area is 116 Å². The lowest BCUT2D eigenvalue weighted by Gasteiger charge is -2.47. The first kappa shape index (κ1) is 14.4. The summed E-state index contributed by atoms with van der Waals surface area (Å²) in [5, 5.41) is 0. The number of carbonyl (C=O) groups is 2. The molecule has 3 atom stereocenters. The maximum atomic E-state index is 12.7. The second-order valence-corrected chi connectivity index (χ2v) is 5.97. The van der Waals surface area contributed by atoms with Crippen molar-refractivity contribution in [3.05, 3.63) is 0 Å². The Hall–Kier alpha value is -1.06. The maximum absolute atomic E-state index is 12.7. The second-order valence-electron chi connectivity index (χ2n) is 5.97. The monoisotopic (exact) mass is 266 g/mol. The highest BCUT2D eigenvalue weighted by Crippen LogP contribution is 2.28. The molecular weight excluding hydrogens is 240 g/mol. The largest absolute Gasteiger partial charge is 0.329 e. The summed E-state index contributed by atoms with van der Waals surface area (Å²) in [4.78, 5) is 28.9. The molecule has 2 aliphatic heterocycles. The fourth-order valence-electron chi connectivity index (χ4n) is 3.20. The van der Waals surface area contributed by atoms with Gasteiger partial charge in [0.05, 0.1) is 0 Å². The molecule has 4 nitrogen and oxygen atoms in total. The Morgan fingerprint density at radius 2 is 1.95 bits per heavy atom. The van der Waals surface area contributed by atoms with Gasteiger partial charge in [-0.05, 0) is 31.6 Å². The molecule has 0 saturated carbocycles. The summed E-state index contributed by atoms with van der Waals surface area (Å²) in [6.07, 6.45) is 4.72. The van der Waals surface area contributed by atoms with Crippen LogP contribution in [-0.4, -0.2) is 46.8 Å². The standard InChI is InChI=1S/C15H26N2O2/c1-4-11(3)10-17-12(5-2)14(18)16-9-7-6-8-13(16)15(17)19/h11-13H,4-10H2,1-3H3. The molecular formula is C15H26N2O2. The molecule has 0 N–H and O–H groups in total. The molecule has 2 rings (SSSR count). The average Bonchev–Trinajstić information content (AvgIpc) is 2.44. The number of piperazine rings is 1. The molecule has 3 unspecified atom stereocenters. The maximum Gasteiger partial charge on any atom is 0.246 e. The Morgan fingerprint density at radius 1 is 1.21 bits per heavy atom. The van der Waals surface area contributed by atoms with Crippen molar-refractivity contribution < 1.29 is 9.59 Å². The van der Waals surface area contributed by atoms with Gasteiger partial charge in [-0.3, -0.25) is 9.59 Å². The van der Waals surface area contributed by atoms with E-state index in [1.165, 1.54) is 0 Å². The second kappa shape index (κ2) is 5.93. The van der Waals surface area contributed by atoms with Crippen molar-refractivity contribution in [2.75, 3.05) is 13.1 Å². The van der Waals surface area contributed by atoms with Gasteiger partial charge >= 0.3 is 0 Å². The van der Waals surface area contributed by atoms with Crippen LogP contribution >= 0.6 is 0 Å². The van der Waals surface area contributed by atoms with Crippen molar-refractivity contribution in [3.8, 4) is 0 Å². The smallest absolute Gasteiger partial charge is 0.246 e. The summed E-state index contributed by atoms with van der Waals surface area (Å²) in [5.74, 6) is 0.822. The van der Waals surface area contributed by atoms with Gasteiger partial charge in [-0.15, -0.1) is 0 Å². The van der Waals surface area contributed by atoms with Crippen LogP contribution in [0.3, 0.4) is 0 Å². The van der Waals surface area contributed by atoms with E-state index in [4.69, 9.17) is 0 Å². The third-order valence-corrected chi connectivity index (χ3v) is 4.61. The van der Waals surface area contributed by atoms with Gasteiger partial charge in [0.25, 0.3) is 0 Å². The molecule has 2 heterocycles. The molecule has 2 fully saturated rings. The van der Waals surface area contributed by atoms with Gasteiger partial charge in [0.1, 0.15) is 12.1 Å². The Balaban J connectivity index is 2.20. The van der Waals surface area contributed by atoms with Crippen molar-refractivity contribution in [2.45, 2.75) is 65.0 Å². The van der Waals surface area contributed by atoms with Gasteiger partial charge in [-0.25, -0.2) is 0 Å². The van der Waals surface area contributed by atoms with Gasteiger partial charge in [0.2, 0.25) is 11.8 Å². The summed E-state index contributed by atoms with van der Waals surface area (Å²) in [6.45, 7) is 7.78. The minimum Gasteiger partial charge on any atom is -0.329 e. The lowest BCUT2D eigenvalue weighted by atomic mass is 9.93. The van der Waals surface area contributed by atoms with Gasteiger partial charge < -0.3 is 9.80 Å². The van der Waals surface area contributed by atoms with Crippen LogP contribution in [0.25, 0.3) is 0 Å². The predicted octanol–water partition coefficient (Wildman–Crippen LogP) is 2.03. The van der Waals surface area contributed by atoms with Gasteiger partial charge in [-0.1, -0.05) is 27.2 Å². The molecule has 0 spiro atoms. The molecule has 2 aliphatic rings. The van der Waals surface area contributed by atoms with Crippen molar-refractivity contribution in [3.63, 3.8) is 0 Å². The summed E-state index contributed by atoms with van der Waals surface area (Å²) in [5.41, 5.74) is 0. The number of hydrogen-bond donors (Lipinski definition) is 0. The number of carbonyl (C=O) groups excluding carboxylic acids is 2. The van der Waals surface area contributed by atoms with Gasteiger partial charge in [0, 0.05) is 13.1 Å². The third-order valence-electron chi connectivity index (χ3n) is 4.61. The predicted molar refractivity (Wildman–Crippen MR) is 74.6 cm³/mol. The number of piperidine rings is 1. The van der Waals surface area contributed by atoms with Crippen LogP contribution < -0.4 is 0 Å². The summed E-state index contributed by atoms with van der Waals surface area (Å²) in [7, 11) is 0. The van der Waals surface area contributed by atoms with E-state index in [1.807, 2.05) is 16.7 Å². The minimum absolute atomic E-state index is 0.173. The zero-order valence-corrected chi connectivity index (χ0v) is 12.4. The molecule has 0 radical (unpaired) electrons. The van der Waals surface area contributed by atoms with E-state index in [1.54, 1.807) is 0 Å². The normalized spacial score (nSPS) is 29.4. The molecule has 0 bridgehead atoms. The first-order valence-electron chi connectivity index (χ1n) is 7.71. The van der Waals surface area contributed by atoms with Crippen molar-refractivity contribution >= 4 is 11.8 Å². The first-order valence-corrected chi connectivity index (χ1v) is 7.71. The van der Waals surface area contributed by atoms with Crippen LogP contribution in [0.5, 0.6) is 0 Å². The van der Waals surface area contributed by atoms with Crippen LogP contribution in [0.1, 0.15) is 52.9 Å². The lowest BCUT2D eigenvalue weighted by Crippen LogP contribution is -2.66. The van der Waals surface area contributed by atoms with Crippen LogP contribution in [0.15, 0.2) is 0 Å². The third kappa shape index (κ3) is 2.63. The van der Waals surface area contributed by atoms with E-state index >= 15 is 0 Å². The molecule has 4 heteroatoms. The average molecular weight is 266 g/mol. The van der Waals surface area contributed by atoms with Crippen molar-refractivity contribution in [2.24, 2.45) is 5.92 Å². The van der Waals surface area contributed by atoms with E-state index in [0.717, 1.165) is 45.2 Å². The highest BCUT2D eigenvalue weighted by molar-refractivity contribution is 5.97. The molecule has 2 amide bonds. The van der Waals surface area contributed by atoms with E-state index in [9.17, 15) is 9.59 Å². The fourth-order valence-corrected chi connectivity index (χ4v) is 3.20. The van der Waals surface area contributed by atoms with E-state index in [2.05, 4.69) is 13.8 Å². The molecule has 108 valence electrons. The van der Waals surface area contributed by atoms with E-state index < -0.39 is 0 Å². The highest BCUT2D eigenvalue weighted by atomic mass is 16.2. The Kier molecular flexibility index (Phi) is 4.48. The number of nitrogens with zero attached hydrogens (tertiary/aromatic N) is 2. The molecule has 2 saturated heterocycles. The molecule has 0 aromatic heterocycles. The van der Waals surface area contributed by atoms with Gasteiger partial charge in [-0.2, -0.15) is 0 Å². The Bertz CT molecular complexity index is 356. The van der Waals surface area contributed by atoms with Crippen LogP contribution in [0.2, 0.25) is 0 Å². The van der Waals surface area contributed by atoms with Crippen molar-refractivity contribution in [1.29, 1.82) is 0 Å². The minimum atomic E-state index is -0.226. The Morgan fingerprint density at radius 3 is 2.58 bits per heavy atom. The van der Waals surface area contributed by atoms with E-state index in [-0.39, 0.29) is 23.9 Å². The van der Waals surface area contributed by atoms with Crippen LogP contribution in [0.4, 0.5) is 0 Å². The summed E-state index contributed by atoms with van der Waals surface area (Å²) in [6, 6.07) is -0.399. The van der Waals surface area contributed by atoms with Gasteiger partial charge in [0.15, 0.2) is 0 Å². The highest BCUT2D eigenvalue weighted by Gasteiger charge is 2.45. The molecule has 19 heavy (non-hydrogen) atoms. The quantitative estimate of drug-likeness (QED) is 0.781. The number of amides is 2. The zero-order valence-electron chi connectivity index (χ0n) is 12.4. The number of rotatable bonds is 4. The fraction of sp³-hybridized carbons (Fsp3) is 0.867. The summed E-state index contributed by atoms with van der Waals surface area (Å²) >= 11 is 0. The molecule has 0 aliphatic carbocycles. The van der Waals surface area contributed by atoms with Crippen LogP contribution in [-0.2, 0) is 9.59 Å². The zero-order chi connectivity index (χ0) is 14.0. The first-order chi connectivity index (χ1) is 9.10. The number of fused-ring (bicyclic) bond motifs is 1. The summed E-state index contributed by atoms with van der Waals surface area (Å²) < 4.78 is 0.